The van der Waals surface area contributed by atoms with Crippen LogP contribution >= 0.6 is 0 Å². The zero-order valence-corrected chi connectivity index (χ0v) is 16.6. The number of pyridine rings is 1. The standard InChI is InChI=1S/C24H22N4O2/c29-23-6-5-21(19-9-25-15-26-10-19)24-18-7-16(12-28(23)24)11-27(13-18)14-20-8-17-3-1-2-4-22(17)30-20/h1-6,8-10,15-16,18H,7,11-14H2. The van der Waals surface area contributed by atoms with Crippen LogP contribution in [-0.2, 0) is 13.1 Å². The van der Waals surface area contributed by atoms with Crippen LogP contribution in [-0.4, -0.2) is 32.5 Å². The molecular formula is C24H22N4O2. The van der Waals surface area contributed by atoms with Crippen molar-refractivity contribution < 1.29 is 4.42 Å². The normalized spacial score (nSPS) is 20.9. The molecule has 150 valence electrons. The largest absolute Gasteiger partial charge is 0.460 e. The van der Waals surface area contributed by atoms with E-state index in [1.54, 1.807) is 6.07 Å². The van der Waals surface area contributed by atoms with E-state index in [9.17, 15) is 4.79 Å². The van der Waals surface area contributed by atoms with Crippen molar-refractivity contribution in [1.29, 1.82) is 0 Å². The number of likely N-dealkylation sites (tertiary alicyclic amines) is 1. The second kappa shape index (κ2) is 6.92. The van der Waals surface area contributed by atoms with E-state index >= 15 is 0 Å². The van der Waals surface area contributed by atoms with Gasteiger partial charge in [0.15, 0.2) is 0 Å². The molecule has 0 aliphatic carbocycles. The summed E-state index contributed by atoms with van der Waals surface area (Å²) in [6.07, 6.45) is 6.31. The molecule has 4 aromatic rings. The lowest BCUT2D eigenvalue weighted by atomic mass is 9.80. The third-order valence-electron chi connectivity index (χ3n) is 6.39. The van der Waals surface area contributed by atoms with Crippen LogP contribution in [0, 0.1) is 5.92 Å². The molecule has 0 amide bonds. The van der Waals surface area contributed by atoms with Gasteiger partial charge in [-0.2, -0.15) is 0 Å². The minimum absolute atomic E-state index is 0.0889. The highest BCUT2D eigenvalue weighted by Crippen LogP contribution is 2.40. The number of piperidine rings is 1. The predicted molar refractivity (Wildman–Crippen MR) is 114 cm³/mol. The fraction of sp³-hybridized carbons (Fsp3) is 0.292. The SMILES string of the molecule is O=c1ccc(-c2cncnc2)c2n1CC1CC2CN(Cc2cc3ccccc3o2)C1. The molecule has 1 aromatic carbocycles. The molecule has 6 nitrogen and oxygen atoms in total. The number of furan rings is 1. The van der Waals surface area contributed by atoms with Gasteiger partial charge in [-0.1, -0.05) is 18.2 Å². The Kier molecular flexibility index (Phi) is 4.06. The van der Waals surface area contributed by atoms with E-state index in [4.69, 9.17) is 4.42 Å². The van der Waals surface area contributed by atoms with Gasteiger partial charge in [-0.25, -0.2) is 9.97 Å². The number of fused-ring (bicyclic) bond motifs is 5. The van der Waals surface area contributed by atoms with Gasteiger partial charge in [0.2, 0.25) is 0 Å². The monoisotopic (exact) mass is 398 g/mol. The number of benzene rings is 1. The fourth-order valence-electron chi connectivity index (χ4n) is 5.26. The summed E-state index contributed by atoms with van der Waals surface area (Å²) in [5.41, 5.74) is 4.19. The highest BCUT2D eigenvalue weighted by Gasteiger charge is 2.36. The summed E-state index contributed by atoms with van der Waals surface area (Å²) in [5, 5.41) is 1.15. The quantitative estimate of drug-likeness (QED) is 0.527. The second-order valence-corrected chi connectivity index (χ2v) is 8.45. The third-order valence-corrected chi connectivity index (χ3v) is 6.39. The summed E-state index contributed by atoms with van der Waals surface area (Å²) < 4.78 is 8.05. The first kappa shape index (κ1) is 17.6. The zero-order valence-electron chi connectivity index (χ0n) is 16.6. The van der Waals surface area contributed by atoms with Gasteiger partial charge in [0, 0.05) is 66.2 Å². The van der Waals surface area contributed by atoms with E-state index in [1.807, 2.05) is 41.2 Å². The first-order valence-electron chi connectivity index (χ1n) is 10.4. The van der Waals surface area contributed by atoms with Crippen molar-refractivity contribution >= 4 is 11.0 Å². The smallest absolute Gasteiger partial charge is 0.250 e. The van der Waals surface area contributed by atoms with Crippen LogP contribution in [0.4, 0.5) is 0 Å². The van der Waals surface area contributed by atoms with Crippen LogP contribution in [0.2, 0.25) is 0 Å². The van der Waals surface area contributed by atoms with Crippen molar-refractivity contribution in [1.82, 2.24) is 19.4 Å². The van der Waals surface area contributed by atoms with Crippen LogP contribution in [0.3, 0.4) is 0 Å². The van der Waals surface area contributed by atoms with Gasteiger partial charge in [-0.05, 0) is 30.5 Å². The van der Waals surface area contributed by atoms with E-state index in [-0.39, 0.29) is 5.56 Å². The summed E-state index contributed by atoms with van der Waals surface area (Å²) >= 11 is 0. The Bertz CT molecular complexity index is 1240. The van der Waals surface area contributed by atoms with Crippen LogP contribution < -0.4 is 5.56 Å². The Labute approximate surface area is 173 Å². The first-order chi connectivity index (χ1) is 14.7. The minimum atomic E-state index is 0.0889. The summed E-state index contributed by atoms with van der Waals surface area (Å²) in [4.78, 5) is 23.5. The van der Waals surface area contributed by atoms with E-state index in [1.165, 1.54) is 6.33 Å². The van der Waals surface area contributed by atoms with Gasteiger partial charge in [-0.3, -0.25) is 9.69 Å². The Morgan fingerprint density at radius 1 is 1.03 bits per heavy atom. The molecule has 2 atom stereocenters. The Hall–Kier alpha value is -3.25. The van der Waals surface area contributed by atoms with Crippen molar-refractivity contribution in [2.24, 2.45) is 5.92 Å². The molecule has 30 heavy (non-hydrogen) atoms. The van der Waals surface area contributed by atoms with Crippen LogP contribution in [0.15, 0.2) is 70.4 Å². The Morgan fingerprint density at radius 3 is 2.77 bits per heavy atom. The summed E-state index contributed by atoms with van der Waals surface area (Å²) in [6.45, 7) is 3.46. The molecule has 2 aliphatic heterocycles. The van der Waals surface area contributed by atoms with Crippen molar-refractivity contribution in [3.63, 3.8) is 0 Å². The van der Waals surface area contributed by atoms with Gasteiger partial charge in [0.1, 0.15) is 17.7 Å². The molecule has 6 heteroatoms. The molecule has 2 aliphatic rings. The highest BCUT2D eigenvalue weighted by molar-refractivity contribution is 5.77. The fourth-order valence-corrected chi connectivity index (χ4v) is 5.26. The maximum absolute atomic E-state index is 12.7. The van der Waals surface area contributed by atoms with Gasteiger partial charge in [0.25, 0.3) is 5.56 Å². The second-order valence-electron chi connectivity index (χ2n) is 8.45. The first-order valence-corrected chi connectivity index (χ1v) is 10.4. The molecule has 2 unspecified atom stereocenters. The number of aromatic nitrogens is 3. The maximum Gasteiger partial charge on any atom is 0.250 e. The van der Waals surface area contributed by atoms with Gasteiger partial charge >= 0.3 is 0 Å². The molecular weight excluding hydrogens is 376 g/mol. The van der Waals surface area contributed by atoms with Crippen molar-refractivity contribution in [2.75, 3.05) is 13.1 Å². The minimum Gasteiger partial charge on any atom is -0.460 e. The number of hydrogen-bond acceptors (Lipinski definition) is 5. The van der Waals surface area contributed by atoms with E-state index in [0.717, 1.165) is 66.2 Å². The molecule has 1 fully saturated rings. The maximum atomic E-state index is 12.7. The molecule has 0 saturated carbocycles. The van der Waals surface area contributed by atoms with Gasteiger partial charge in [-0.15, -0.1) is 0 Å². The number of para-hydroxylation sites is 1. The topological polar surface area (TPSA) is 64.2 Å². The number of rotatable bonds is 3. The molecule has 6 rings (SSSR count). The Balaban J connectivity index is 1.34. The lowest BCUT2D eigenvalue weighted by molar-refractivity contribution is 0.109. The Morgan fingerprint density at radius 2 is 1.90 bits per heavy atom. The van der Waals surface area contributed by atoms with Crippen molar-refractivity contribution in [3.8, 4) is 11.1 Å². The average molecular weight is 398 g/mol. The molecule has 0 N–H and O–H groups in total. The summed E-state index contributed by atoms with van der Waals surface area (Å²) in [7, 11) is 0. The lowest BCUT2D eigenvalue weighted by Gasteiger charge is -2.43. The number of nitrogens with zero attached hydrogens (tertiary/aromatic N) is 4. The molecule has 3 aromatic heterocycles. The molecule has 5 heterocycles. The number of hydrogen-bond donors (Lipinski definition) is 0. The zero-order chi connectivity index (χ0) is 20.1. The molecule has 2 bridgehead atoms. The summed E-state index contributed by atoms with van der Waals surface area (Å²) in [6, 6.07) is 13.9. The third kappa shape index (κ3) is 2.95. The van der Waals surface area contributed by atoms with E-state index in [2.05, 4.69) is 27.0 Å². The van der Waals surface area contributed by atoms with Crippen LogP contribution in [0.1, 0.15) is 23.8 Å². The van der Waals surface area contributed by atoms with E-state index in [0.29, 0.717) is 11.8 Å². The lowest BCUT2D eigenvalue weighted by Crippen LogP contribution is -2.46. The van der Waals surface area contributed by atoms with Crippen LogP contribution in [0.5, 0.6) is 0 Å². The van der Waals surface area contributed by atoms with E-state index < -0.39 is 0 Å². The van der Waals surface area contributed by atoms with Crippen molar-refractivity contribution in [3.05, 3.63) is 83.0 Å². The predicted octanol–water partition coefficient (Wildman–Crippen LogP) is 3.67. The van der Waals surface area contributed by atoms with Gasteiger partial charge < -0.3 is 8.98 Å². The van der Waals surface area contributed by atoms with Gasteiger partial charge in [0.05, 0.1) is 6.54 Å². The van der Waals surface area contributed by atoms with Crippen LogP contribution in [0.25, 0.3) is 22.1 Å². The molecule has 1 saturated heterocycles. The van der Waals surface area contributed by atoms with Crippen molar-refractivity contribution in [2.45, 2.75) is 25.4 Å². The average Bonchev–Trinajstić information content (AvgIpc) is 3.17. The summed E-state index contributed by atoms with van der Waals surface area (Å²) in [5.74, 6) is 1.78. The molecule has 0 radical (unpaired) electrons. The highest BCUT2D eigenvalue weighted by atomic mass is 16.3. The molecule has 0 spiro atoms.